The highest BCUT2D eigenvalue weighted by atomic mass is 16.6. The average molecular weight is 1490 g/mol. The summed E-state index contributed by atoms with van der Waals surface area (Å²) in [5.74, 6) is -2.70. The van der Waals surface area contributed by atoms with Crippen molar-refractivity contribution < 1.29 is 142 Å². The number of nitrogens with one attached hydrogen (secondary N) is 7. The number of primary amides is 1. The standard InChI is InChI=1S/C65H121N9O29/c1-46(2)57(64(90)72-50(5-4-13-70-65(66)91)63(89)71-48-8-6-47(43-75)7-9-48)73-62(88)49(67-3)10-11-55(82)69-15-18-93-20-22-95-24-26-97-28-30-99-32-34-101-36-38-103-40-39-102-37-35-100-33-31-98-29-27-96-25-23-94-21-19-92-17-12-56(83)68-14-16-74(41-51(78)58(84)60(86)53(80)44-76)42-52(79)59(85)61(87)54(81)45-77/h6-9,46,49-54,57-61,67,75-81,84-87H,4-5,10-45H2,1-3H3,(H,68,83)(H,69,82)(H,71,89)(H,72,90)(H,73,88)(H3,66,70,91)/t49-,50-,51-,52-,53+,54+,57-,58+,59+,60+,61+/m0/s1. The number of anilines is 1. The van der Waals surface area contributed by atoms with E-state index in [-0.39, 0.29) is 96.7 Å². The molecule has 38 heteroatoms. The van der Waals surface area contributed by atoms with Crippen LogP contribution in [0.3, 0.4) is 0 Å². The number of carbonyl (C=O) groups excluding carboxylic acids is 6. The number of nitrogens with zero attached hydrogens (tertiary/aromatic N) is 1. The van der Waals surface area contributed by atoms with Gasteiger partial charge in [0.25, 0.3) is 0 Å². The van der Waals surface area contributed by atoms with Crippen molar-refractivity contribution in [3.8, 4) is 0 Å². The van der Waals surface area contributed by atoms with E-state index in [0.29, 0.717) is 150 Å². The lowest BCUT2D eigenvalue weighted by Crippen LogP contribution is -2.57. The number of amides is 7. The first-order valence-corrected chi connectivity index (χ1v) is 34.8. The van der Waals surface area contributed by atoms with Gasteiger partial charge in [-0.25, -0.2) is 4.79 Å². The molecule has 38 nitrogen and oxygen atoms in total. The van der Waals surface area contributed by atoms with Crippen LogP contribution in [0, 0.1) is 5.92 Å². The SMILES string of the molecule is CN[C@@H](CCC(=O)NCCOCCOCCOCCOCCOCCOCCOCCOCCOCCOCCOCCOCCC(=O)NCCN(C[C@H](O)[C@@H](O)[C@H](O)[C@H](O)CO)C[C@H](O)[C@@H](O)[C@H](O)[C@H](O)CO)C(=O)N[C@H](C(=O)N[C@@H](CCCNC(N)=O)C(=O)Nc1ccc(CO)cc1)C(C)C. The molecule has 20 N–H and O–H groups in total. The zero-order valence-corrected chi connectivity index (χ0v) is 59.9. The molecule has 0 heterocycles. The maximum absolute atomic E-state index is 13.6. The van der Waals surface area contributed by atoms with E-state index >= 15 is 0 Å². The lowest BCUT2D eigenvalue weighted by atomic mass is 10.0. The lowest BCUT2D eigenvalue weighted by molar-refractivity contribution is -0.133. The Labute approximate surface area is 602 Å². The molecule has 103 heavy (non-hydrogen) atoms. The molecule has 0 aliphatic heterocycles. The normalized spacial score (nSPS) is 15.0. The Morgan fingerprint density at radius 1 is 0.427 bits per heavy atom. The maximum Gasteiger partial charge on any atom is 0.312 e. The Hall–Kier alpha value is -5.16. The van der Waals surface area contributed by atoms with Crippen LogP contribution in [-0.4, -0.2) is 382 Å². The number of nitrogens with two attached hydrogens (primary N) is 1. The first-order valence-electron chi connectivity index (χ1n) is 34.8. The monoisotopic (exact) mass is 1490 g/mol. The summed E-state index contributed by atoms with van der Waals surface area (Å²) in [4.78, 5) is 77.7. The Morgan fingerprint density at radius 2 is 0.806 bits per heavy atom. The predicted octanol–water partition coefficient (Wildman–Crippen LogP) is -7.44. The highest BCUT2D eigenvalue weighted by Crippen LogP contribution is 2.14. The van der Waals surface area contributed by atoms with E-state index in [9.17, 15) is 74.7 Å². The molecule has 0 saturated heterocycles. The number of rotatable bonds is 70. The van der Waals surface area contributed by atoms with Crippen molar-refractivity contribution in [2.75, 3.05) is 223 Å². The van der Waals surface area contributed by atoms with Gasteiger partial charge in [0.1, 0.15) is 48.7 Å². The van der Waals surface area contributed by atoms with Crippen molar-refractivity contribution in [3.63, 3.8) is 0 Å². The Balaban J connectivity index is 1.98. The van der Waals surface area contributed by atoms with Crippen molar-refractivity contribution in [1.29, 1.82) is 0 Å². The van der Waals surface area contributed by atoms with Gasteiger partial charge in [-0.1, -0.05) is 26.0 Å². The third-order valence-corrected chi connectivity index (χ3v) is 15.0. The van der Waals surface area contributed by atoms with Gasteiger partial charge in [-0.3, -0.25) is 28.9 Å². The fraction of sp³-hybridized carbons (Fsp3) is 0.815. The summed E-state index contributed by atoms with van der Waals surface area (Å²) in [7, 11) is 1.57. The zero-order chi connectivity index (χ0) is 76.3. The molecule has 7 amide bonds. The molecule has 0 bridgehead atoms. The van der Waals surface area contributed by atoms with Gasteiger partial charge in [0, 0.05) is 57.8 Å². The summed E-state index contributed by atoms with van der Waals surface area (Å²) in [6.07, 6.45) is -14.2. The summed E-state index contributed by atoms with van der Waals surface area (Å²) in [6, 6.07) is 2.93. The first-order chi connectivity index (χ1) is 49.6. The molecule has 1 aromatic carbocycles. The van der Waals surface area contributed by atoms with Crippen LogP contribution in [0.15, 0.2) is 24.3 Å². The van der Waals surface area contributed by atoms with Crippen molar-refractivity contribution in [2.45, 2.75) is 120 Å². The van der Waals surface area contributed by atoms with Crippen molar-refractivity contribution >= 4 is 41.3 Å². The molecule has 0 fully saturated rings. The maximum atomic E-state index is 13.6. The van der Waals surface area contributed by atoms with Crippen LogP contribution < -0.4 is 43.0 Å². The van der Waals surface area contributed by atoms with E-state index in [4.69, 9.17) is 72.8 Å². The van der Waals surface area contributed by atoms with Crippen LogP contribution >= 0.6 is 0 Å². The average Bonchev–Trinajstić information content (AvgIpc) is 0.871. The first kappa shape index (κ1) is 95.9. The Kier molecular flexibility index (Phi) is 58.6. The van der Waals surface area contributed by atoms with Gasteiger partial charge >= 0.3 is 6.03 Å². The number of aliphatic hydroxyl groups is 11. The molecule has 0 radical (unpaired) electrons. The van der Waals surface area contributed by atoms with E-state index in [2.05, 4.69) is 37.2 Å². The second-order valence-electron chi connectivity index (χ2n) is 23.6. The molecule has 0 aliphatic carbocycles. The van der Waals surface area contributed by atoms with E-state index in [1.165, 1.54) is 4.90 Å². The predicted molar refractivity (Wildman–Crippen MR) is 368 cm³/mol. The van der Waals surface area contributed by atoms with Crippen LogP contribution in [0.5, 0.6) is 0 Å². The number of benzene rings is 1. The van der Waals surface area contributed by atoms with Crippen LogP contribution in [-0.2, 0) is 87.4 Å². The van der Waals surface area contributed by atoms with Gasteiger partial charge in [-0.2, -0.15) is 0 Å². The summed E-state index contributed by atoms with van der Waals surface area (Å²) >= 11 is 0. The van der Waals surface area contributed by atoms with Gasteiger partial charge in [0.05, 0.1) is 197 Å². The van der Waals surface area contributed by atoms with E-state index in [1.807, 2.05) is 0 Å². The highest BCUT2D eigenvalue weighted by molar-refractivity contribution is 5.98. The third kappa shape index (κ3) is 49.4. The van der Waals surface area contributed by atoms with E-state index < -0.39 is 123 Å². The quantitative estimate of drug-likeness (QED) is 0.0269. The summed E-state index contributed by atoms with van der Waals surface area (Å²) < 4.78 is 66.0. The second-order valence-corrected chi connectivity index (χ2v) is 23.6. The number of hydrogen-bond donors (Lipinski definition) is 19. The zero-order valence-electron chi connectivity index (χ0n) is 59.9. The molecule has 0 unspecified atom stereocenters. The van der Waals surface area contributed by atoms with Crippen LogP contribution in [0.1, 0.15) is 51.5 Å². The van der Waals surface area contributed by atoms with Crippen LogP contribution in [0.2, 0.25) is 0 Å². The van der Waals surface area contributed by atoms with Crippen LogP contribution in [0.25, 0.3) is 0 Å². The summed E-state index contributed by atoms with van der Waals surface area (Å²) in [5, 5.41) is 127. The van der Waals surface area contributed by atoms with Gasteiger partial charge in [0.15, 0.2) is 0 Å². The minimum Gasteiger partial charge on any atom is -0.394 e. The molecule has 0 spiro atoms. The fourth-order valence-corrected chi connectivity index (χ4v) is 9.05. The number of urea groups is 1. The van der Waals surface area contributed by atoms with Gasteiger partial charge in [0.2, 0.25) is 29.5 Å². The smallest absolute Gasteiger partial charge is 0.312 e. The molecule has 0 aliphatic rings. The molecular formula is C65H121N9O29. The fourth-order valence-electron chi connectivity index (χ4n) is 9.05. The molecule has 0 saturated carbocycles. The van der Waals surface area contributed by atoms with Crippen molar-refractivity contribution in [2.24, 2.45) is 11.7 Å². The van der Waals surface area contributed by atoms with Gasteiger partial charge < -0.3 is 156 Å². The third-order valence-electron chi connectivity index (χ3n) is 15.0. The molecular weight excluding hydrogens is 1370 g/mol. The largest absolute Gasteiger partial charge is 0.394 e. The molecule has 1 rings (SSSR count). The molecule has 11 atom stereocenters. The Bertz CT molecular complexity index is 2270. The number of ether oxygens (including phenoxy) is 12. The topological polar surface area (TPSA) is 549 Å². The minimum atomic E-state index is -1.94. The highest BCUT2D eigenvalue weighted by Gasteiger charge is 2.35. The van der Waals surface area contributed by atoms with E-state index in [1.54, 1.807) is 45.2 Å². The van der Waals surface area contributed by atoms with Crippen molar-refractivity contribution in [1.82, 2.24) is 36.8 Å². The van der Waals surface area contributed by atoms with Gasteiger partial charge in [-0.15, -0.1) is 0 Å². The number of aliphatic hydroxyl groups excluding tert-OH is 11. The van der Waals surface area contributed by atoms with Gasteiger partial charge in [-0.05, 0) is 49.9 Å². The Morgan fingerprint density at radius 3 is 1.18 bits per heavy atom. The summed E-state index contributed by atoms with van der Waals surface area (Å²) in [6.45, 7) is 9.17. The molecule has 1 aromatic rings. The van der Waals surface area contributed by atoms with Crippen molar-refractivity contribution in [3.05, 3.63) is 29.8 Å². The van der Waals surface area contributed by atoms with E-state index in [0.717, 1.165) is 0 Å². The lowest BCUT2D eigenvalue weighted by Gasteiger charge is -2.33. The van der Waals surface area contributed by atoms with Crippen LogP contribution in [0.4, 0.5) is 10.5 Å². The number of likely N-dealkylation sites (N-methyl/N-ethyl adjacent to an activating group) is 1. The molecule has 600 valence electrons. The molecule has 0 aromatic heterocycles. The number of carbonyl (C=O) groups is 6. The minimum absolute atomic E-state index is 0.0175. The number of hydrogen-bond acceptors (Lipinski definition) is 31. The second kappa shape index (κ2) is 63.0. The summed E-state index contributed by atoms with van der Waals surface area (Å²) in [5.41, 5.74) is 6.26.